The summed E-state index contributed by atoms with van der Waals surface area (Å²) in [6.45, 7) is 2.99. The first kappa shape index (κ1) is 14.3. The molecule has 0 radical (unpaired) electrons. The van der Waals surface area contributed by atoms with Gasteiger partial charge in [0.1, 0.15) is 5.75 Å². The number of alkyl halides is 1. The monoisotopic (exact) mass is 320 g/mol. The average molecular weight is 322 g/mol. The highest BCUT2D eigenvalue weighted by Gasteiger charge is 2.29. The second-order valence-electron chi connectivity index (χ2n) is 4.11. The summed E-state index contributed by atoms with van der Waals surface area (Å²) in [6, 6.07) is 5.22. The lowest BCUT2D eigenvalue weighted by atomic mass is 10.1. The van der Waals surface area contributed by atoms with Crippen LogP contribution in [-0.4, -0.2) is 22.0 Å². The van der Waals surface area contributed by atoms with Gasteiger partial charge in [0.05, 0.1) is 0 Å². The van der Waals surface area contributed by atoms with Gasteiger partial charge >= 0.3 is 5.97 Å². The lowest BCUT2D eigenvalue weighted by molar-refractivity contribution is -0.152. The van der Waals surface area contributed by atoms with E-state index in [1.54, 1.807) is 12.1 Å². The van der Waals surface area contributed by atoms with Gasteiger partial charge in [-0.1, -0.05) is 33.6 Å². The highest BCUT2D eigenvalue weighted by molar-refractivity contribution is 9.09. The van der Waals surface area contributed by atoms with Crippen LogP contribution >= 0.6 is 27.5 Å². The first-order chi connectivity index (χ1) is 7.86. The molecule has 1 aromatic rings. The maximum absolute atomic E-state index is 10.9. The summed E-state index contributed by atoms with van der Waals surface area (Å²) < 4.78 is 5.38. The number of aryl methyl sites for hydroxylation is 1. The summed E-state index contributed by atoms with van der Waals surface area (Å²) in [4.78, 5) is 10.9. The SMILES string of the molecule is CC(C)(Oc1ccc(CCBr)c(Cl)c1)C(=O)O. The van der Waals surface area contributed by atoms with Gasteiger partial charge in [0.15, 0.2) is 5.60 Å². The smallest absolute Gasteiger partial charge is 0.347 e. The number of rotatable bonds is 5. The second kappa shape index (κ2) is 5.74. The molecule has 17 heavy (non-hydrogen) atoms. The minimum atomic E-state index is -1.26. The van der Waals surface area contributed by atoms with Crippen molar-refractivity contribution < 1.29 is 14.6 Å². The Hall–Kier alpha value is -0.740. The van der Waals surface area contributed by atoms with E-state index in [1.165, 1.54) is 13.8 Å². The van der Waals surface area contributed by atoms with Gasteiger partial charge in [-0.3, -0.25) is 0 Å². The standard InChI is InChI=1S/C12H14BrClO3/c1-12(2,11(15)16)17-9-4-3-8(5-6-13)10(14)7-9/h3-4,7H,5-6H2,1-2H3,(H,15,16). The Labute approximate surface area is 114 Å². The molecule has 0 saturated heterocycles. The number of carbonyl (C=O) groups is 1. The van der Waals surface area contributed by atoms with Crippen molar-refractivity contribution in [2.75, 3.05) is 5.33 Å². The van der Waals surface area contributed by atoms with Crippen LogP contribution in [0, 0.1) is 0 Å². The second-order valence-corrected chi connectivity index (χ2v) is 5.31. The third kappa shape index (κ3) is 3.89. The quantitative estimate of drug-likeness (QED) is 0.844. The van der Waals surface area contributed by atoms with E-state index in [9.17, 15) is 4.79 Å². The van der Waals surface area contributed by atoms with Crippen molar-refractivity contribution in [3.8, 4) is 5.75 Å². The average Bonchev–Trinajstić information content (AvgIpc) is 2.21. The molecule has 1 N–H and O–H groups in total. The van der Waals surface area contributed by atoms with Crippen molar-refractivity contribution in [1.82, 2.24) is 0 Å². The predicted molar refractivity (Wildman–Crippen MR) is 71.3 cm³/mol. The molecular formula is C12H14BrClO3. The number of carboxylic acids is 1. The van der Waals surface area contributed by atoms with Crippen LogP contribution in [0.15, 0.2) is 18.2 Å². The fourth-order valence-electron chi connectivity index (χ4n) is 1.23. The van der Waals surface area contributed by atoms with E-state index in [4.69, 9.17) is 21.4 Å². The van der Waals surface area contributed by atoms with Crippen LogP contribution in [0.3, 0.4) is 0 Å². The lowest BCUT2D eigenvalue weighted by Crippen LogP contribution is -2.37. The molecule has 94 valence electrons. The summed E-state index contributed by atoms with van der Waals surface area (Å²) in [7, 11) is 0. The van der Waals surface area contributed by atoms with Crippen LogP contribution in [0.25, 0.3) is 0 Å². The van der Waals surface area contributed by atoms with Crippen LogP contribution in [-0.2, 0) is 11.2 Å². The van der Waals surface area contributed by atoms with Gasteiger partial charge < -0.3 is 9.84 Å². The number of hydrogen-bond acceptors (Lipinski definition) is 2. The fourth-order valence-corrected chi connectivity index (χ4v) is 1.93. The Morgan fingerprint density at radius 2 is 2.18 bits per heavy atom. The fraction of sp³-hybridized carbons (Fsp3) is 0.417. The molecule has 0 bridgehead atoms. The maximum Gasteiger partial charge on any atom is 0.347 e. The van der Waals surface area contributed by atoms with Crippen molar-refractivity contribution in [2.45, 2.75) is 25.9 Å². The number of ether oxygens (including phenoxy) is 1. The van der Waals surface area contributed by atoms with Crippen molar-refractivity contribution in [3.05, 3.63) is 28.8 Å². The van der Waals surface area contributed by atoms with E-state index >= 15 is 0 Å². The maximum atomic E-state index is 10.9. The Morgan fingerprint density at radius 1 is 1.53 bits per heavy atom. The van der Waals surface area contributed by atoms with Crippen LogP contribution in [0.4, 0.5) is 0 Å². The van der Waals surface area contributed by atoms with Gasteiger partial charge in [-0.25, -0.2) is 4.79 Å². The Kier molecular flexibility index (Phi) is 4.83. The number of aliphatic carboxylic acids is 1. The molecule has 0 saturated carbocycles. The number of carboxylic acid groups (broad SMARTS) is 1. The number of halogens is 2. The van der Waals surface area contributed by atoms with E-state index in [-0.39, 0.29) is 0 Å². The summed E-state index contributed by atoms with van der Waals surface area (Å²) in [5.41, 5.74) is -0.260. The third-order valence-electron chi connectivity index (χ3n) is 2.28. The molecule has 0 spiro atoms. The molecule has 0 atom stereocenters. The Balaban J connectivity index is 2.87. The first-order valence-corrected chi connectivity index (χ1v) is 6.63. The number of hydrogen-bond donors (Lipinski definition) is 1. The van der Waals surface area contributed by atoms with Gasteiger partial charge in [-0.2, -0.15) is 0 Å². The highest BCUT2D eigenvalue weighted by atomic mass is 79.9. The molecule has 5 heteroatoms. The zero-order chi connectivity index (χ0) is 13.1. The summed E-state index contributed by atoms with van der Waals surface area (Å²) in [6.07, 6.45) is 0.821. The Bertz CT molecular complexity index is 418. The van der Waals surface area contributed by atoms with Crippen molar-refractivity contribution in [2.24, 2.45) is 0 Å². The van der Waals surface area contributed by atoms with Crippen LogP contribution < -0.4 is 4.74 Å². The molecule has 0 heterocycles. The molecule has 0 aliphatic heterocycles. The van der Waals surface area contributed by atoms with Gasteiger partial charge in [0, 0.05) is 10.4 Å². The third-order valence-corrected chi connectivity index (χ3v) is 3.02. The first-order valence-electron chi connectivity index (χ1n) is 5.13. The van der Waals surface area contributed by atoms with E-state index in [1.807, 2.05) is 6.07 Å². The molecule has 0 aliphatic rings. The van der Waals surface area contributed by atoms with E-state index in [2.05, 4.69) is 15.9 Å². The molecule has 3 nitrogen and oxygen atoms in total. The van der Waals surface area contributed by atoms with Gasteiger partial charge in [-0.15, -0.1) is 0 Å². The molecule has 0 fully saturated rings. The molecule has 0 unspecified atom stereocenters. The minimum Gasteiger partial charge on any atom is -0.478 e. The minimum absolute atomic E-state index is 0.459. The van der Waals surface area contributed by atoms with Crippen molar-refractivity contribution in [3.63, 3.8) is 0 Å². The van der Waals surface area contributed by atoms with Crippen LogP contribution in [0.5, 0.6) is 5.75 Å². The normalized spacial score (nSPS) is 11.3. The summed E-state index contributed by atoms with van der Waals surface area (Å²) >= 11 is 9.41. The van der Waals surface area contributed by atoms with Crippen LogP contribution in [0.1, 0.15) is 19.4 Å². The lowest BCUT2D eigenvalue weighted by Gasteiger charge is -2.21. The van der Waals surface area contributed by atoms with Crippen molar-refractivity contribution >= 4 is 33.5 Å². The van der Waals surface area contributed by atoms with E-state index in [0.29, 0.717) is 10.8 Å². The summed E-state index contributed by atoms with van der Waals surface area (Å²) in [5, 5.41) is 10.4. The topological polar surface area (TPSA) is 46.5 Å². The molecule has 0 aromatic heterocycles. The van der Waals surface area contributed by atoms with Gasteiger partial charge in [-0.05, 0) is 38.0 Å². The van der Waals surface area contributed by atoms with E-state index in [0.717, 1.165) is 17.3 Å². The zero-order valence-electron chi connectivity index (χ0n) is 9.67. The Morgan fingerprint density at radius 3 is 2.65 bits per heavy atom. The van der Waals surface area contributed by atoms with Crippen LogP contribution in [0.2, 0.25) is 5.02 Å². The molecular weight excluding hydrogens is 307 g/mol. The molecule has 1 aromatic carbocycles. The predicted octanol–water partition coefficient (Wildman–Crippen LogP) is 3.52. The molecule has 0 amide bonds. The van der Waals surface area contributed by atoms with Crippen molar-refractivity contribution in [1.29, 1.82) is 0 Å². The highest BCUT2D eigenvalue weighted by Crippen LogP contribution is 2.26. The van der Waals surface area contributed by atoms with Gasteiger partial charge in [0.2, 0.25) is 0 Å². The molecule has 0 aliphatic carbocycles. The van der Waals surface area contributed by atoms with E-state index < -0.39 is 11.6 Å². The zero-order valence-corrected chi connectivity index (χ0v) is 12.0. The molecule has 1 rings (SSSR count). The number of benzene rings is 1. The summed E-state index contributed by atoms with van der Waals surface area (Å²) in [5.74, 6) is -0.557. The largest absolute Gasteiger partial charge is 0.478 e. The van der Waals surface area contributed by atoms with Gasteiger partial charge in [0.25, 0.3) is 0 Å².